The van der Waals surface area contributed by atoms with Gasteiger partial charge >= 0.3 is 0 Å². The predicted octanol–water partition coefficient (Wildman–Crippen LogP) is 3.37. The van der Waals surface area contributed by atoms with Gasteiger partial charge in [-0.3, -0.25) is 9.59 Å². The number of carbonyl (C=O) groups is 2. The number of nitrogens with zero attached hydrogens (tertiary/aromatic N) is 3. The summed E-state index contributed by atoms with van der Waals surface area (Å²) in [5.74, 6) is 0.823. The first-order valence-electron chi connectivity index (χ1n) is 11.1. The predicted molar refractivity (Wildman–Crippen MR) is 123 cm³/mol. The monoisotopic (exact) mass is 434 g/mol. The summed E-state index contributed by atoms with van der Waals surface area (Å²) < 4.78 is 7.33. The Balaban J connectivity index is 1.53. The van der Waals surface area contributed by atoms with E-state index in [2.05, 4.69) is 23.7 Å². The van der Waals surface area contributed by atoms with Gasteiger partial charge in [0.15, 0.2) is 0 Å². The summed E-state index contributed by atoms with van der Waals surface area (Å²) in [6.45, 7) is 6.10. The molecule has 2 heterocycles. The standard InChI is InChI=1S/C25H30N4O3/c1-17(2)14-22(29-16-18-8-4-5-9-19(18)25(29)31)24(30)26-15-23-27-20-10-6-7-11-21(20)28(23)12-13-32-3/h4-11,17,22H,12-16H2,1-3H3,(H,26,30)/t22-/m0/s1. The number of hydrogen-bond donors (Lipinski definition) is 1. The zero-order valence-corrected chi connectivity index (χ0v) is 18.9. The molecule has 1 aromatic heterocycles. The van der Waals surface area contributed by atoms with Crippen molar-refractivity contribution in [3.63, 3.8) is 0 Å². The highest BCUT2D eigenvalue weighted by atomic mass is 16.5. The van der Waals surface area contributed by atoms with Crippen LogP contribution in [0.1, 0.15) is 42.0 Å². The lowest BCUT2D eigenvalue weighted by Crippen LogP contribution is -2.47. The summed E-state index contributed by atoms with van der Waals surface area (Å²) in [7, 11) is 1.67. The Hall–Kier alpha value is -3.19. The average molecular weight is 435 g/mol. The molecule has 168 valence electrons. The van der Waals surface area contributed by atoms with Gasteiger partial charge in [-0.25, -0.2) is 4.98 Å². The Morgan fingerprint density at radius 2 is 1.91 bits per heavy atom. The molecule has 7 heteroatoms. The zero-order chi connectivity index (χ0) is 22.7. The molecule has 3 aromatic rings. The molecule has 0 fully saturated rings. The second kappa shape index (κ2) is 9.53. The van der Waals surface area contributed by atoms with Gasteiger partial charge < -0.3 is 19.5 Å². The van der Waals surface area contributed by atoms with Crippen LogP contribution in [0.15, 0.2) is 48.5 Å². The van der Waals surface area contributed by atoms with Gasteiger partial charge in [0.1, 0.15) is 11.9 Å². The van der Waals surface area contributed by atoms with E-state index in [1.807, 2.05) is 48.5 Å². The van der Waals surface area contributed by atoms with Gasteiger partial charge in [-0.1, -0.05) is 44.2 Å². The molecule has 1 atom stereocenters. The number of nitrogens with one attached hydrogen (secondary N) is 1. The normalized spacial score (nSPS) is 14.2. The maximum atomic E-state index is 13.3. The van der Waals surface area contributed by atoms with Gasteiger partial charge in [0.25, 0.3) is 5.91 Å². The van der Waals surface area contributed by atoms with Crippen LogP contribution in [0.5, 0.6) is 0 Å². The number of imidazole rings is 1. The number of ether oxygens (including phenoxy) is 1. The first-order valence-corrected chi connectivity index (χ1v) is 11.1. The quantitative estimate of drug-likeness (QED) is 0.560. The lowest BCUT2D eigenvalue weighted by Gasteiger charge is -2.28. The molecule has 1 aliphatic rings. The average Bonchev–Trinajstić information content (AvgIpc) is 3.31. The van der Waals surface area contributed by atoms with Crippen LogP contribution >= 0.6 is 0 Å². The van der Waals surface area contributed by atoms with Crippen molar-refractivity contribution in [2.24, 2.45) is 5.92 Å². The number of fused-ring (bicyclic) bond motifs is 2. The molecule has 0 spiro atoms. The highest BCUT2D eigenvalue weighted by molar-refractivity contribution is 6.01. The molecule has 0 saturated heterocycles. The molecule has 2 aromatic carbocycles. The fourth-order valence-corrected chi connectivity index (χ4v) is 4.33. The molecule has 0 radical (unpaired) electrons. The summed E-state index contributed by atoms with van der Waals surface area (Å²) in [6.07, 6.45) is 0.603. The van der Waals surface area contributed by atoms with Gasteiger partial charge in [0.2, 0.25) is 5.91 Å². The minimum absolute atomic E-state index is 0.0752. The first-order chi connectivity index (χ1) is 15.5. The maximum absolute atomic E-state index is 13.3. The van der Waals surface area contributed by atoms with Crippen molar-refractivity contribution in [1.82, 2.24) is 19.8 Å². The third-order valence-corrected chi connectivity index (χ3v) is 5.90. The summed E-state index contributed by atoms with van der Waals surface area (Å²) in [5.41, 5.74) is 3.56. The molecule has 0 saturated carbocycles. The van der Waals surface area contributed by atoms with E-state index in [0.717, 1.165) is 22.4 Å². The molecular weight excluding hydrogens is 404 g/mol. The molecule has 0 aliphatic carbocycles. The SMILES string of the molecule is COCCn1c(CNC(=O)[C@H](CC(C)C)N2Cc3ccccc3C2=O)nc2ccccc21. The fraction of sp³-hybridized carbons (Fsp3) is 0.400. The van der Waals surface area contributed by atoms with Gasteiger partial charge in [-0.05, 0) is 36.1 Å². The molecule has 0 bridgehead atoms. The molecule has 0 unspecified atom stereocenters. The minimum atomic E-state index is -0.522. The number of para-hydroxylation sites is 2. The largest absolute Gasteiger partial charge is 0.383 e. The van der Waals surface area contributed by atoms with E-state index in [-0.39, 0.29) is 17.7 Å². The Bertz CT molecular complexity index is 1120. The van der Waals surface area contributed by atoms with Crippen LogP contribution in [-0.4, -0.2) is 46.0 Å². The van der Waals surface area contributed by atoms with Crippen molar-refractivity contribution in [1.29, 1.82) is 0 Å². The minimum Gasteiger partial charge on any atom is -0.383 e. The number of rotatable bonds is 9. The second-order valence-electron chi connectivity index (χ2n) is 8.61. The highest BCUT2D eigenvalue weighted by Crippen LogP contribution is 2.27. The summed E-state index contributed by atoms with van der Waals surface area (Å²) in [4.78, 5) is 32.7. The summed E-state index contributed by atoms with van der Waals surface area (Å²) >= 11 is 0. The van der Waals surface area contributed by atoms with Crippen LogP contribution < -0.4 is 5.32 Å². The van der Waals surface area contributed by atoms with Crippen LogP contribution in [0.2, 0.25) is 0 Å². The van der Waals surface area contributed by atoms with Crippen molar-refractivity contribution in [3.05, 3.63) is 65.5 Å². The Morgan fingerprint density at radius 1 is 1.16 bits per heavy atom. The smallest absolute Gasteiger partial charge is 0.255 e. The fourth-order valence-electron chi connectivity index (χ4n) is 4.33. The highest BCUT2D eigenvalue weighted by Gasteiger charge is 2.36. The van der Waals surface area contributed by atoms with E-state index in [1.165, 1.54) is 0 Å². The van der Waals surface area contributed by atoms with Crippen molar-refractivity contribution >= 4 is 22.8 Å². The van der Waals surface area contributed by atoms with E-state index < -0.39 is 6.04 Å². The van der Waals surface area contributed by atoms with Crippen molar-refractivity contribution in [2.75, 3.05) is 13.7 Å². The number of hydrogen-bond acceptors (Lipinski definition) is 4. The molecule has 2 amide bonds. The Labute approximate surface area is 188 Å². The third kappa shape index (κ3) is 4.39. The second-order valence-corrected chi connectivity index (χ2v) is 8.61. The molecule has 32 heavy (non-hydrogen) atoms. The molecular formula is C25H30N4O3. The van der Waals surface area contributed by atoms with Crippen LogP contribution in [0.3, 0.4) is 0 Å². The number of aromatic nitrogens is 2. The number of methoxy groups -OCH3 is 1. The van der Waals surface area contributed by atoms with E-state index >= 15 is 0 Å². The van der Waals surface area contributed by atoms with Gasteiger partial charge in [-0.2, -0.15) is 0 Å². The van der Waals surface area contributed by atoms with Crippen LogP contribution in [0, 0.1) is 5.92 Å². The zero-order valence-electron chi connectivity index (χ0n) is 18.9. The molecule has 1 N–H and O–H groups in total. The van der Waals surface area contributed by atoms with Crippen molar-refractivity contribution in [2.45, 2.75) is 45.9 Å². The molecule has 7 nitrogen and oxygen atoms in total. The first kappa shape index (κ1) is 22.0. The van der Waals surface area contributed by atoms with Gasteiger partial charge in [0, 0.05) is 25.8 Å². The van der Waals surface area contributed by atoms with E-state index in [1.54, 1.807) is 12.0 Å². The van der Waals surface area contributed by atoms with Crippen molar-refractivity contribution in [3.8, 4) is 0 Å². The van der Waals surface area contributed by atoms with Crippen LogP contribution in [0.4, 0.5) is 0 Å². The summed E-state index contributed by atoms with van der Waals surface area (Å²) in [5, 5.41) is 3.05. The van der Waals surface area contributed by atoms with E-state index in [4.69, 9.17) is 9.72 Å². The molecule has 4 rings (SSSR count). The maximum Gasteiger partial charge on any atom is 0.255 e. The van der Waals surface area contributed by atoms with E-state index in [9.17, 15) is 9.59 Å². The van der Waals surface area contributed by atoms with Crippen molar-refractivity contribution < 1.29 is 14.3 Å². The number of carbonyl (C=O) groups excluding carboxylic acids is 2. The lowest BCUT2D eigenvalue weighted by atomic mass is 10.0. The third-order valence-electron chi connectivity index (χ3n) is 5.90. The number of benzene rings is 2. The van der Waals surface area contributed by atoms with Gasteiger partial charge in [-0.15, -0.1) is 0 Å². The van der Waals surface area contributed by atoms with Crippen LogP contribution in [0.25, 0.3) is 11.0 Å². The Kier molecular flexibility index (Phi) is 6.55. The Morgan fingerprint density at radius 3 is 2.66 bits per heavy atom. The van der Waals surface area contributed by atoms with E-state index in [0.29, 0.717) is 38.2 Å². The number of amides is 2. The molecule has 1 aliphatic heterocycles. The van der Waals surface area contributed by atoms with Gasteiger partial charge in [0.05, 0.1) is 24.2 Å². The van der Waals surface area contributed by atoms with Crippen LogP contribution in [-0.2, 0) is 29.2 Å². The summed E-state index contributed by atoms with van der Waals surface area (Å²) in [6, 6.07) is 15.0. The lowest BCUT2D eigenvalue weighted by molar-refractivity contribution is -0.126. The topological polar surface area (TPSA) is 76.5 Å².